The summed E-state index contributed by atoms with van der Waals surface area (Å²) in [5, 5.41) is 2.99. The van der Waals surface area contributed by atoms with Gasteiger partial charge in [-0.1, -0.05) is 31.0 Å². The van der Waals surface area contributed by atoms with Crippen molar-refractivity contribution < 1.29 is 19.1 Å². The van der Waals surface area contributed by atoms with Gasteiger partial charge in [0, 0.05) is 23.4 Å². The van der Waals surface area contributed by atoms with Crippen LogP contribution in [0, 0.1) is 5.92 Å². The number of ether oxygens (including phenoxy) is 2. The zero-order chi connectivity index (χ0) is 21.1. The molecular weight excluding hydrogens is 380 g/mol. The van der Waals surface area contributed by atoms with Crippen molar-refractivity contribution in [3.8, 4) is 11.5 Å². The van der Waals surface area contributed by atoms with Crippen molar-refractivity contribution in [3.05, 3.63) is 54.1 Å². The van der Waals surface area contributed by atoms with E-state index in [4.69, 9.17) is 9.47 Å². The van der Waals surface area contributed by atoms with Crippen LogP contribution in [0.1, 0.15) is 42.5 Å². The average Bonchev–Trinajstić information content (AvgIpc) is 3.19. The Hall–Kier alpha value is -3.02. The summed E-state index contributed by atoms with van der Waals surface area (Å²) < 4.78 is 10.6. The number of anilines is 1. The van der Waals surface area contributed by atoms with Gasteiger partial charge >= 0.3 is 0 Å². The lowest BCUT2D eigenvalue weighted by Gasteiger charge is -2.33. The molecule has 2 aromatic rings. The summed E-state index contributed by atoms with van der Waals surface area (Å²) in [7, 11) is 3.13. The molecule has 1 N–H and O–H groups in total. The molecule has 1 heterocycles. The zero-order valence-electron chi connectivity index (χ0n) is 17.5. The normalized spacial score (nSPS) is 22.9. The number of carbonyl (C=O) groups excluding carboxylic acids is 2. The molecule has 1 aliphatic heterocycles. The third-order valence-electron chi connectivity index (χ3n) is 6.30. The number of fused-ring (bicyclic) bond motifs is 1. The van der Waals surface area contributed by atoms with E-state index in [1.807, 2.05) is 35.2 Å². The minimum Gasteiger partial charge on any atom is -0.493 e. The van der Waals surface area contributed by atoms with Crippen molar-refractivity contribution in [2.24, 2.45) is 5.92 Å². The maximum absolute atomic E-state index is 13.4. The topological polar surface area (TPSA) is 67.9 Å². The van der Waals surface area contributed by atoms with Crippen LogP contribution in [0.4, 0.5) is 5.69 Å². The van der Waals surface area contributed by atoms with E-state index < -0.39 is 6.04 Å². The van der Waals surface area contributed by atoms with E-state index in [2.05, 4.69) is 5.32 Å². The largest absolute Gasteiger partial charge is 0.493 e. The Morgan fingerprint density at radius 3 is 2.43 bits per heavy atom. The van der Waals surface area contributed by atoms with E-state index in [1.54, 1.807) is 32.4 Å². The molecule has 158 valence electrons. The first-order chi connectivity index (χ1) is 14.6. The third kappa shape index (κ3) is 3.86. The molecule has 0 radical (unpaired) electrons. The zero-order valence-corrected chi connectivity index (χ0v) is 17.5. The summed E-state index contributed by atoms with van der Waals surface area (Å²) >= 11 is 0. The van der Waals surface area contributed by atoms with Gasteiger partial charge in [0.05, 0.1) is 14.2 Å². The maximum atomic E-state index is 13.4. The predicted molar refractivity (Wildman–Crippen MR) is 115 cm³/mol. The molecule has 1 saturated heterocycles. The van der Waals surface area contributed by atoms with E-state index in [1.165, 1.54) is 6.42 Å². The summed E-state index contributed by atoms with van der Waals surface area (Å²) in [6, 6.07) is 14.2. The second kappa shape index (κ2) is 8.78. The van der Waals surface area contributed by atoms with Gasteiger partial charge in [0.25, 0.3) is 5.91 Å². The van der Waals surface area contributed by atoms with E-state index in [0.29, 0.717) is 35.1 Å². The Morgan fingerprint density at radius 2 is 1.70 bits per heavy atom. The molecule has 4 rings (SSSR count). The van der Waals surface area contributed by atoms with Crippen LogP contribution in [0.5, 0.6) is 11.5 Å². The van der Waals surface area contributed by atoms with Crippen LogP contribution in [0.25, 0.3) is 0 Å². The molecule has 6 heteroatoms. The Morgan fingerprint density at radius 1 is 0.967 bits per heavy atom. The lowest BCUT2D eigenvalue weighted by Crippen LogP contribution is -2.47. The van der Waals surface area contributed by atoms with Crippen LogP contribution < -0.4 is 14.8 Å². The van der Waals surface area contributed by atoms with Crippen LogP contribution in [0.2, 0.25) is 0 Å². The van der Waals surface area contributed by atoms with Gasteiger partial charge in [-0.15, -0.1) is 0 Å². The predicted octanol–water partition coefficient (Wildman–Crippen LogP) is 4.12. The Balaban J connectivity index is 1.59. The second-order valence-corrected chi connectivity index (χ2v) is 8.00. The monoisotopic (exact) mass is 408 g/mol. The number of hydrogen-bond acceptors (Lipinski definition) is 4. The highest BCUT2D eigenvalue weighted by atomic mass is 16.5. The summed E-state index contributed by atoms with van der Waals surface area (Å²) in [4.78, 5) is 28.5. The molecule has 2 amide bonds. The molecule has 3 atom stereocenters. The number of methoxy groups -OCH3 is 2. The number of rotatable bonds is 5. The minimum absolute atomic E-state index is 0.0579. The van der Waals surface area contributed by atoms with Crippen molar-refractivity contribution in [1.82, 2.24) is 4.90 Å². The number of likely N-dealkylation sites (tertiary alicyclic amines) is 1. The summed E-state index contributed by atoms with van der Waals surface area (Å²) in [5.74, 6) is 1.32. The molecule has 2 aliphatic rings. The van der Waals surface area contributed by atoms with Crippen molar-refractivity contribution in [2.45, 2.75) is 44.2 Å². The van der Waals surface area contributed by atoms with Gasteiger partial charge < -0.3 is 19.7 Å². The molecule has 0 spiro atoms. The Labute approximate surface area is 177 Å². The van der Waals surface area contributed by atoms with E-state index in [0.717, 1.165) is 19.3 Å². The van der Waals surface area contributed by atoms with Crippen LogP contribution in [0.15, 0.2) is 48.5 Å². The maximum Gasteiger partial charge on any atom is 0.254 e. The number of nitrogens with zero attached hydrogens (tertiary/aromatic N) is 1. The highest BCUT2D eigenvalue weighted by molar-refractivity contribution is 6.02. The third-order valence-corrected chi connectivity index (χ3v) is 6.30. The Bertz CT molecular complexity index is 915. The molecule has 1 saturated carbocycles. The first-order valence-corrected chi connectivity index (χ1v) is 10.5. The second-order valence-electron chi connectivity index (χ2n) is 8.00. The van der Waals surface area contributed by atoms with Crippen LogP contribution in [0.3, 0.4) is 0 Å². The first kappa shape index (κ1) is 20.3. The molecule has 1 aliphatic carbocycles. The fraction of sp³-hybridized carbons (Fsp3) is 0.417. The van der Waals surface area contributed by atoms with Gasteiger partial charge in [-0.2, -0.15) is 0 Å². The summed E-state index contributed by atoms with van der Waals surface area (Å²) in [6.45, 7) is 0. The molecule has 30 heavy (non-hydrogen) atoms. The number of nitrogens with one attached hydrogen (secondary N) is 1. The SMILES string of the molecule is COc1ccc(NC(=O)[C@@H]2C[C@@H]3CCCC[C@@H]3N2C(=O)c2ccccc2)cc1OC. The fourth-order valence-electron chi connectivity index (χ4n) is 4.86. The first-order valence-electron chi connectivity index (χ1n) is 10.5. The van der Waals surface area contributed by atoms with Crippen molar-refractivity contribution in [2.75, 3.05) is 19.5 Å². The number of amides is 2. The standard InChI is InChI=1S/C24H28N2O4/c1-29-21-13-12-18(15-22(21)30-2)25-23(27)20-14-17-10-6-7-11-19(17)26(20)24(28)16-8-4-3-5-9-16/h3-5,8-9,12-13,15,17,19-20H,6-7,10-11,14H2,1-2H3,(H,25,27)/t17-,19-,20-/m0/s1. The van der Waals surface area contributed by atoms with Crippen LogP contribution in [-0.4, -0.2) is 43.0 Å². The van der Waals surface area contributed by atoms with E-state index in [9.17, 15) is 9.59 Å². The Kier molecular flexibility index (Phi) is 5.93. The van der Waals surface area contributed by atoms with Gasteiger partial charge in [-0.05, 0) is 49.4 Å². The lowest BCUT2D eigenvalue weighted by atomic mass is 9.84. The van der Waals surface area contributed by atoms with Gasteiger partial charge in [0.2, 0.25) is 5.91 Å². The van der Waals surface area contributed by atoms with Crippen LogP contribution in [-0.2, 0) is 4.79 Å². The van der Waals surface area contributed by atoms with E-state index >= 15 is 0 Å². The lowest BCUT2D eigenvalue weighted by molar-refractivity contribution is -0.120. The molecule has 0 aromatic heterocycles. The van der Waals surface area contributed by atoms with Crippen molar-refractivity contribution in [1.29, 1.82) is 0 Å². The molecule has 0 unspecified atom stereocenters. The smallest absolute Gasteiger partial charge is 0.254 e. The van der Waals surface area contributed by atoms with Gasteiger partial charge in [-0.25, -0.2) is 0 Å². The van der Waals surface area contributed by atoms with Gasteiger partial charge in [-0.3, -0.25) is 9.59 Å². The minimum atomic E-state index is -0.473. The summed E-state index contributed by atoms with van der Waals surface area (Å²) in [6.07, 6.45) is 5.01. The summed E-state index contributed by atoms with van der Waals surface area (Å²) in [5.41, 5.74) is 1.26. The quantitative estimate of drug-likeness (QED) is 0.808. The van der Waals surface area contributed by atoms with Crippen molar-refractivity contribution in [3.63, 3.8) is 0 Å². The highest BCUT2D eigenvalue weighted by Gasteiger charge is 2.47. The molecular formula is C24H28N2O4. The number of carbonyl (C=O) groups is 2. The highest BCUT2D eigenvalue weighted by Crippen LogP contribution is 2.41. The number of benzene rings is 2. The van der Waals surface area contributed by atoms with Gasteiger partial charge in [0.15, 0.2) is 11.5 Å². The molecule has 6 nitrogen and oxygen atoms in total. The average molecular weight is 408 g/mol. The molecule has 2 aromatic carbocycles. The molecule has 2 fully saturated rings. The van der Waals surface area contributed by atoms with E-state index in [-0.39, 0.29) is 17.9 Å². The fourth-order valence-corrected chi connectivity index (χ4v) is 4.86. The van der Waals surface area contributed by atoms with Crippen molar-refractivity contribution >= 4 is 17.5 Å². The van der Waals surface area contributed by atoms with Gasteiger partial charge in [0.1, 0.15) is 6.04 Å². The molecule has 0 bridgehead atoms. The number of hydrogen-bond donors (Lipinski definition) is 1. The van der Waals surface area contributed by atoms with Crippen LogP contribution >= 0.6 is 0 Å².